The van der Waals surface area contributed by atoms with Gasteiger partial charge in [-0.15, -0.1) is 11.3 Å². The summed E-state index contributed by atoms with van der Waals surface area (Å²) in [6.07, 6.45) is 0. The van der Waals surface area contributed by atoms with Crippen molar-refractivity contribution in [1.82, 2.24) is 5.32 Å². The van der Waals surface area contributed by atoms with E-state index in [-0.39, 0.29) is 16.6 Å². The molecular formula is C18H18ClFN2O4S. The number of anilines is 1. The Hall–Kier alpha value is -2.45. The van der Waals surface area contributed by atoms with Gasteiger partial charge in [-0.05, 0) is 35.6 Å². The smallest absolute Gasteiger partial charge is 0.329 e. The zero-order valence-corrected chi connectivity index (χ0v) is 16.2. The fraction of sp³-hybridized carbons (Fsp3) is 0.278. The highest BCUT2D eigenvalue weighted by atomic mass is 35.5. The average molecular weight is 413 g/mol. The van der Waals surface area contributed by atoms with Crippen LogP contribution in [0.5, 0.6) is 0 Å². The van der Waals surface area contributed by atoms with Crippen molar-refractivity contribution in [2.45, 2.75) is 19.9 Å². The quantitative estimate of drug-likeness (QED) is 0.682. The molecule has 2 rings (SSSR count). The van der Waals surface area contributed by atoms with Crippen LogP contribution in [0.3, 0.4) is 0 Å². The van der Waals surface area contributed by atoms with E-state index < -0.39 is 36.2 Å². The largest absolute Gasteiger partial charge is 0.454 e. The van der Waals surface area contributed by atoms with Gasteiger partial charge >= 0.3 is 5.97 Å². The molecule has 1 aromatic heterocycles. The number of carbonyl (C=O) groups is 3. The normalized spacial score (nSPS) is 11.7. The highest BCUT2D eigenvalue weighted by molar-refractivity contribution is 7.12. The molecule has 0 radical (unpaired) electrons. The Morgan fingerprint density at radius 2 is 2.00 bits per heavy atom. The van der Waals surface area contributed by atoms with Crippen LogP contribution in [0.25, 0.3) is 0 Å². The number of rotatable bonds is 7. The predicted molar refractivity (Wildman–Crippen MR) is 101 cm³/mol. The molecule has 0 aliphatic rings. The molecule has 0 unspecified atom stereocenters. The van der Waals surface area contributed by atoms with Crippen molar-refractivity contribution < 1.29 is 23.5 Å². The summed E-state index contributed by atoms with van der Waals surface area (Å²) in [5.74, 6) is -2.79. The number of amides is 2. The number of carbonyl (C=O) groups excluding carboxylic acids is 3. The fourth-order valence-electron chi connectivity index (χ4n) is 2.12. The molecule has 2 aromatic rings. The Bertz CT molecular complexity index is 827. The van der Waals surface area contributed by atoms with Gasteiger partial charge in [-0.1, -0.05) is 31.5 Å². The molecule has 144 valence electrons. The van der Waals surface area contributed by atoms with Crippen LogP contribution in [-0.2, 0) is 14.3 Å². The zero-order valence-electron chi connectivity index (χ0n) is 14.6. The molecule has 0 saturated heterocycles. The summed E-state index contributed by atoms with van der Waals surface area (Å²) in [4.78, 5) is 36.7. The number of esters is 1. The van der Waals surface area contributed by atoms with Crippen LogP contribution in [0.4, 0.5) is 10.1 Å². The lowest BCUT2D eigenvalue weighted by Crippen LogP contribution is -2.45. The summed E-state index contributed by atoms with van der Waals surface area (Å²) in [7, 11) is 0. The molecular weight excluding hydrogens is 395 g/mol. The second-order valence-corrected chi connectivity index (χ2v) is 7.34. The molecule has 27 heavy (non-hydrogen) atoms. The Balaban J connectivity index is 1.92. The highest BCUT2D eigenvalue weighted by Gasteiger charge is 2.27. The molecule has 0 spiro atoms. The average Bonchev–Trinajstić information content (AvgIpc) is 3.15. The highest BCUT2D eigenvalue weighted by Crippen LogP contribution is 2.19. The van der Waals surface area contributed by atoms with Gasteiger partial charge in [0.05, 0.1) is 10.6 Å². The molecule has 6 nitrogen and oxygen atoms in total. The number of hydrogen-bond acceptors (Lipinski definition) is 5. The molecule has 0 bridgehead atoms. The molecule has 1 heterocycles. The van der Waals surface area contributed by atoms with Crippen LogP contribution in [0, 0.1) is 11.7 Å². The first-order valence-electron chi connectivity index (χ1n) is 8.04. The molecule has 9 heteroatoms. The van der Waals surface area contributed by atoms with E-state index in [1.54, 1.807) is 31.4 Å². The summed E-state index contributed by atoms with van der Waals surface area (Å²) in [5.41, 5.74) is -0.116. The van der Waals surface area contributed by atoms with E-state index in [0.717, 1.165) is 6.07 Å². The molecule has 0 fully saturated rings. The lowest BCUT2D eigenvalue weighted by molar-refractivity contribution is -0.150. The number of ether oxygens (including phenoxy) is 1. The van der Waals surface area contributed by atoms with E-state index in [1.165, 1.54) is 23.5 Å². The summed E-state index contributed by atoms with van der Waals surface area (Å²) in [5, 5.41) is 6.87. The molecule has 0 saturated carbocycles. The van der Waals surface area contributed by atoms with E-state index in [2.05, 4.69) is 10.6 Å². The first-order chi connectivity index (χ1) is 12.8. The van der Waals surface area contributed by atoms with Crippen LogP contribution in [-0.4, -0.2) is 30.4 Å². The lowest BCUT2D eigenvalue weighted by atomic mass is 10.0. The fourth-order valence-corrected chi connectivity index (χ4v) is 2.92. The number of thiophene rings is 1. The van der Waals surface area contributed by atoms with Gasteiger partial charge in [-0.2, -0.15) is 0 Å². The molecule has 2 N–H and O–H groups in total. The topological polar surface area (TPSA) is 84.5 Å². The second kappa shape index (κ2) is 9.48. The summed E-state index contributed by atoms with van der Waals surface area (Å²) < 4.78 is 18.6. The lowest BCUT2D eigenvalue weighted by Gasteiger charge is -2.20. The number of halogens is 2. The second-order valence-electron chi connectivity index (χ2n) is 5.95. The predicted octanol–water partition coefficient (Wildman–Crippen LogP) is 3.48. The molecule has 2 amide bonds. The Labute approximate surface area is 164 Å². The summed E-state index contributed by atoms with van der Waals surface area (Å²) >= 11 is 7.00. The summed E-state index contributed by atoms with van der Waals surface area (Å²) in [6.45, 7) is 2.85. The van der Waals surface area contributed by atoms with Gasteiger partial charge in [0.25, 0.3) is 11.8 Å². The van der Waals surface area contributed by atoms with E-state index in [9.17, 15) is 18.8 Å². The Kier molecular flexibility index (Phi) is 7.32. The number of hydrogen-bond donors (Lipinski definition) is 2. The van der Waals surface area contributed by atoms with Gasteiger partial charge in [0.15, 0.2) is 6.61 Å². The maximum Gasteiger partial charge on any atom is 0.329 e. The monoisotopic (exact) mass is 412 g/mol. The third-order valence-corrected chi connectivity index (χ3v) is 4.60. The number of nitrogens with one attached hydrogen (secondary N) is 2. The van der Waals surface area contributed by atoms with Crippen LogP contribution in [0.15, 0.2) is 35.7 Å². The number of benzene rings is 1. The van der Waals surface area contributed by atoms with Gasteiger partial charge in [0, 0.05) is 5.02 Å². The standard InChI is InChI=1S/C18H18ClFN2O4S/c1-10(2)16(22-17(24)14-4-3-7-27-14)18(25)26-9-15(23)21-13-8-11(19)5-6-12(13)20/h3-8,10,16H,9H2,1-2H3,(H,21,23)(H,22,24)/t16-/m1/s1. The van der Waals surface area contributed by atoms with Crippen molar-refractivity contribution in [1.29, 1.82) is 0 Å². The van der Waals surface area contributed by atoms with Crippen molar-refractivity contribution in [3.05, 3.63) is 51.4 Å². The van der Waals surface area contributed by atoms with Crippen molar-refractivity contribution in [2.75, 3.05) is 11.9 Å². The molecule has 1 aromatic carbocycles. The van der Waals surface area contributed by atoms with Crippen molar-refractivity contribution in [3.8, 4) is 0 Å². The maximum atomic E-state index is 13.6. The maximum absolute atomic E-state index is 13.6. The zero-order chi connectivity index (χ0) is 20.0. The third-order valence-electron chi connectivity index (χ3n) is 3.50. The van der Waals surface area contributed by atoms with Crippen molar-refractivity contribution >= 4 is 46.4 Å². The first-order valence-corrected chi connectivity index (χ1v) is 9.29. The van der Waals surface area contributed by atoms with Gasteiger partial charge in [0.1, 0.15) is 11.9 Å². The van der Waals surface area contributed by atoms with E-state index in [1.807, 2.05) is 0 Å². The van der Waals surface area contributed by atoms with E-state index in [4.69, 9.17) is 16.3 Å². The Morgan fingerprint density at radius 3 is 2.63 bits per heavy atom. The van der Waals surface area contributed by atoms with E-state index >= 15 is 0 Å². The Morgan fingerprint density at radius 1 is 1.26 bits per heavy atom. The van der Waals surface area contributed by atoms with Crippen LogP contribution in [0.1, 0.15) is 23.5 Å². The van der Waals surface area contributed by atoms with Gasteiger partial charge in [-0.25, -0.2) is 9.18 Å². The van der Waals surface area contributed by atoms with Crippen molar-refractivity contribution in [3.63, 3.8) is 0 Å². The first kappa shape index (κ1) is 20.9. The van der Waals surface area contributed by atoms with Crippen LogP contribution in [0.2, 0.25) is 5.02 Å². The van der Waals surface area contributed by atoms with Gasteiger partial charge < -0.3 is 15.4 Å². The SMILES string of the molecule is CC(C)[C@@H](NC(=O)c1cccs1)C(=O)OCC(=O)Nc1cc(Cl)ccc1F. The van der Waals surface area contributed by atoms with Crippen LogP contribution < -0.4 is 10.6 Å². The molecule has 0 aliphatic carbocycles. The third kappa shape index (κ3) is 6.04. The van der Waals surface area contributed by atoms with Gasteiger partial charge in [0.2, 0.25) is 0 Å². The minimum Gasteiger partial charge on any atom is -0.454 e. The molecule has 0 aliphatic heterocycles. The summed E-state index contributed by atoms with van der Waals surface area (Å²) in [6, 6.07) is 6.14. The minimum absolute atomic E-state index is 0.116. The van der Waals surface area contributed by atoms with Crippen LogP contribution >= 0.6 is 22.9 Å². The van der Waals surface area contributed by atoms with Gasteiger partial charge in [-0.3, -0.25) is 9.59 Å². The minimum atomic E-state index is -0.921. The van der Waals surface area contributed by atoms with E-state index in [0.29, 0.717) is 4.88 Å². The van der Waals surface area contributed by atoms with Crippen molar-refractivity contribution in [2.24, 2.45) is 5.92 Å². The molecule has 1 atom stereocenters.